The normalized spacial score (nSPS) is 13.7. The first-order valence-electron chi connectivity index (χ1n) is 16.3. The maximum atomic E-state index is 6.84. The molecule has 4 N–H and O–H groups in total. The zero-order valence-electron chi connectivity index (χ0n) is 27.7. The molecule has 1 atom stereocenters. The van der Waals surface area contributed by atoms with Crippen molar-refractivity contribution in [3.8, 4) is 0 Å². The van der Waals surface area contributed by atoms with Crippen LogP contribution in [0.3, 0.4) is 0 Å². The van der Waals surface area contributed by atoms with Gasteiger partial charge < -0.3 is 11.5 Å². The largest absolute Gasteiger partial charge is 0.405 e. The summed E-state index contributed by atoms with van der Waals surface area (Å²) in [5.74, 6) is 0. The van der Waals surface area contributed by atoms with E-state index in [2.05, 4.69) is 122 Å². The fraction of sp³-hybridized carbons (Fsp3) is 0.0870. The summed E-state index contributed by atoms with van der Waals surface area (Å²) in [4.78, 5) is 0. The first-order chi connectivity index (χ1) is 23.5. The zero-order chi connectivity index (χ0) is 34.0. The Hall–Kier alpha value is -5.86. The molecule has 0 saturated carbocycles. The molecule has 2 nitrogen and oxygen atoms in total. The highest BCUT2D eigenvalue weighted by Gasteiger charge is 2.38. The molecule has 0 saturated heterocycles. The van der Waals surface area contributed by atoms with Crippen LogP contribution in [0.1, 0.15) is 28.7 Å². The van der Waals surface area contributed by atoms with Gasteiger partial charge in [-0.05, 0) is 81.8 Å². The first-order valence-corrected chi connectivity index (χ1v) is 16.3. The third-order valence-corrected chi connectivity index (χ3v) is 8.27. The molecule has 0 heterocycles. The quantitative estimate of drug-likeness (QED) is 0.0960. The maximum absolute atomic E-state index is 6.84. The van der Waals surface area contributed by atoms with Crippen molar-refractivity contribution in [3.05, 3.63) is 235 Å². The molecule has 0 spiro atoms. The predicted octanol–water partition coefficient (Wildman–Crippen LogP) is 11.0. The molecule has 0 amide bonds. The van der Waals surface area contributed by atoms with Gasteiger partial charge in [-0.15, -0.1) is 0 Å². The Morgan fingerprint density at radius 3 is 2.00 bits per heavy atom. The molecule has 0 bridgehead atoms. The van der Waals surface area contributed by atoms with Gasteiger partial charge in [0.25, 0.3) is 0 Å². The number of nitrogens with two attached hydrogens (primary N) is 2. The van der Waals surface area contributed by atoms with Crippen LogP contribution in [0.25, 0.3) is 10.8 Å². The summed E-state index contributed by atoms with van der Waals surface area (Å²) >= 11 is 0. The average Bonchev–Trinajstić information content (AvgIpc) is 3.11. The Kier molecular flexibility index (Phi) is 13.4. The second-order valence-corrected chi connectivity index (χ2v) is 11.5. The van der Waals surface area contributed by atoms with Gasteiger partial charge in [0, 0.05) is 5.69 Å². The Labute approximate surface area is 287 Å². The van der Waals surface area contributed by atoms with Crippen molar-refractivity contribution < 1.29 is 0 Å². The molecule has 48 heavy (non-hydrogen) atoms. The van der Waals surface area contributed by atoms with Gasteiger partial charge in [0.05, 0.1) is 5.41 Å². The van der Waals surface area contributed by atoms with Crippen LogP contribution in [-0.2, 0) is 18.3 Å². The smallest absolute Gasteiger partial charge is 0.0503 e. The number of nitrogen functional groups attached to an aromatic ring is 1. The van der Waals surface area contributed by atoms with Crippen molar-refractivity contribution >= 4 is 16.5 Å². The molecule has 0 aromatic heterocycles. The van der Waals surface area contributed by atoms with Gasteiger partial charge in [-0.3, -0.25) is 0 Å². The molecule has 1 unspecified atom stereocenters. The van der Waals surface area contributed by atoms with Gasteiger partial charge in [0.1, 0.15) is 0 Å². The van der Waals surface area contributed by atoms with E-state index in [9.17, 15) is 0 Å². The van der Waals surface area contributed by atoms with E-state index in [0.717, 1.165) is 39.8 Å². The zero-order valence-corrected chi connectivity index (χ0v) is 27.7. The number of fused-ring (bicyclic) bond motifs is 1. The summed E-state index contributed by atoms with van der Waals surface area (Å²) in [6.07, 6.45) is 32.0. The van der Waals surface area contributed by atoms with Crippen LogP contribution >= 0.6 is 0 Å². The molecule has 4 aromatic rings. The number of para-hydroxylation sites is 1. The van der Waals surface area contributed by atoms with Crippen molar-refractivity contribution in [1.82, 2.24) is 0 Å². The third-order valence-electron chi connectivity index (χ3n) is 8.27. The van der Waals surface area contributed by atoms with Gasteiger partial charge in [0.2, 0.25) is 0 Å². The summed E-state index contributed by atoms with van der Waals surface area (Å²) in [5.41, 5.74) is 19.2. The summed E-state index contributed by atoms with van der Waals surface area (Å²) in [7, 11) is 0. The fourth-order valence-corrected chi connectivity index (χ4v) is 5.87. The van der Waals surface area contributed by atoms with Crippen LogP contribution in [-0.4, -0.2) is 0 Å². The van der Waals surface area contributed by atoms with E-state index < -0.39 is 5.41 Å². The van der Waals surface area contributed by atoms with Crippen LogP contribution < -0.4 is 11.5 Å². The Balaban J connectivity index is 1.84. The van der Waals surface area contributed by atoms with E-state index in [1.807, 2.05) is 60.7 Å². The van der Waals surface area contributed by atoms with Gasteiger partial charge in [0.15, 0.2) is 0 Å². The monoisotopic (exact) mass is 626 g/mol. The molecule has 0 radical (unpaired) electrons. The van der Waals surface area contributed by atoms with E-state index in [1.165, 1.54) is 16.5 Å². The lowest BCUT2D eigenvalue weighted by Gasteiger charge is -2.38. The van der Waals surface area contributed by atoms with Crippen molar-refractivity contribution in [2.24, 2.45) is 5.73 Å². The van der Waals surface area contributed by atoms with E-state index in [1.54, 1.807) is 12.3 Å². The highest BCUT2D eigenvalue weighted by atomic mass is 14.6. The van der Waals surface area contributed by atoms with Crippen LogP contribution in [0, 0.1) is 0 Å². The minimum atomic E-state index is -0.673. The van der Waals surface area contributed by atoms with Crippen molar-refractivity contribution in [3.63, 3.8) is 0 Å². The van der Waals surface area contributed by atoms with Gasteiger partial charge in [-0.25, -0.2) is 0 Å². The number of benzene rings is 4. The number of anilines is 1. The lowest BCUT2D eigenvalue weighted by molar-refractivity contribution is 0.625. The van der Waals surface area contributed by atoms with Gasteiger partial charge in [-0.1, -0.05) is 184 Å². The molecule has 4 aromatic carbocycles. The van der Waals surface area contributed by atoms with Gasteiger partial charge >= 0.3 is 0 Å². The first kappa shape index (κ1) is 35.0. The van der Waals surface area contributed by atoms with E-state index in [0.29, 0.717) is 12.8 Å². The molecule has 240 valence electrons. The second-order valence-electron chi connectivity index (χ2n) is 11.5. The average molecular weight is 627 g/mol. The topological polar surface area (TPSA) is 52.0 Å². The molecule has 0 aliphatic carbocycles. The lowest BCUT2D eigenvalue weighted by atomic mass is 9.64. The number of allylic oxidation sites excluding steroid dienone is 16. The van der Waals surface area contributed by atoms with Crippen molar-refractivity contribution in [2.75, 3.05) is 5.73 Å². The number of hydrogen-bond acceptors (Lipinski definition) is 2. The summed E-state index contributed by atoms with van der Waals surface area (Å²) in [5, 5.41) is 2.33. The number of rotatable bonds is 16. The lowest BCUT2D eigenvalue weighted by Crippen LogP contribution is -2.31. The fourth-order valence-electron chi connectivity index (χ4n) is 5.87. The van der Waals surface area contributed by atoms with E-state index in [4.69, 9.17) is 18.0 Å². The Morgan fingerprint density at radius 1 is 0.625 bits per heavy atom. The minimum Gasteiger partial charge on any atom is -0.405 e. The molecule has 2 heteroatoms. The Morgan fingerprint density at radius 2 is 1.27 bits per heavy atom. The second kappa shape index (κ2) is 18.3. The number of hydrogen-bond donors (Lipinski definition) is 2. The molecule has 0 aliphatic rings. The highest BCUT2D eigenvalue weighted by Crippen LogP contribution is 2.47. The van der Waals surface area contributed by atoms with Crippen molar-refractivity contribution in [2.45, 2.75) is 24.7 Å². The summed E-state index contributed by atoms with van der Waals surface area (Å²) in [6.45, 7) is 12.6. The predicted molar refractivity (Wildman–Crippen MR) is 211 cm³/mol. The van der Waals surface area contributed by atoms with E-state index in [-0.39, 0.29) is 0 Å². The van der Waals surface area contributed by atoms with Crippen molar-refractivity contribution in [1.29, 1.82) is 0 Å². The van der Waals surface area contributed by atoms with Crippen LogP contribution in [0.2, 0.25) is 0 Å². The minimum absolute atomic E-state index is 0.629. The third kappa shape index (κ3) is 9.34. The maximum Gasteiger partial charge on any atom is 0.0503 e. The van der Waals surface area contributed by atoms with Gasteiger partial charge in [-0.2, -0.15) is 0 Å². The summed E-state index contributed by atoms with van der Waals surface area (Å²) in [6, 6.07) is 31.6. The SMILES string of the molecule is C=C/C=C\C=C/C(=C)/C=C\C=C/CC(C(=C)/C=C/C=C/Cc1ccccc1)(c1ccccc1N)c1cc2ccccc2cc1C/C=C\N. The molecule has 0 fully saturated rings. The van der Waals surface area contributed by atoms with Crippen LogP contribution in [0.15, 0.2) is 213 Å². The highest BCUT2D eigenvalue weighted by molar-refractivity contribution is 5.85. The molecule has 0 aliphatic heterocycles. The Bertz CT molecular complexity index is 1910. The molecular weight excluding hydrogens is 581 g/mol. The van der Waals surface area contributed by atoms with Crippen LogP contribution in [0.5, 0.6) is 0 Å². The molecule has 4 rings (SSSR count). The van der Waals surface area contributed by atoms with Crippen LogP contribution in [0.4, 0.5) is 5.69 Å². The van der Waals surface area contributed by atoms with E-state index >= 15 is 0 Å². The molecular formula is C46H46N2. The standard InChI is InChI=1S/C46H46N2/c1-4-5-6-10-22-37(2)23-11-9-20-33-46(43-31-18-19-32-45(43)48,38(3)24-12-7-13-25-39-26-14-8-15-27-39)44-36-41-29-17-16-28-40(41)35-42(44)30-21-34-47/h4-24,26-29,31-32,34-36H,1-3,25,30,33,47-48H2/b6-5-,13-7+,20-9-,22-10-,23-11-,24-12+,34-21-. The summed E-state index contributed by atoms with van der Waals surface area (Å²) < 4.78 is 0.